The third-order valence-corrected chi connectivity index (χ3v) is 5.53. The van der Waals surface area contributed by atoms with Gasteiger partial charge >= 0.3 is 0 Å². The summed E-state index contributed by atoms with van der Waals surface area (Å²) in [7, 11) is -1.81. The van der Waals surface area contributed by atoms with Crippen LogP contribution in [0.3, 0.4) is 0 Å². The normalized spacial score (nSPS) is 11.8. The Balaban J connectivity index is 2.30. The Bertz CT molecular complexity index is 715. The van der Waals surface area contributed by atoms with Crippen LogP contribution in [0.15, 0.2) is 28.7 Å². The fourth-order valence-electron chi connectivity index (χ4n) is 1.93. The first-order chi connectivity index (χ1) is 9.94. The fraction of sp³-hybridized carbons (Fsp3) is 0.308. The number of thiazole rings is 1. The van der Waals surface area contributed by atoms with Crippen LogP contribution in [0, 0.1) is 6.92 Å². The van der Waals surface area contributed by atoms with Gasteiger partial charge in [-0.3, -0.25) is 4.98 Å². The van der Waals surface area contributed by atoms with Crippen LogP contribution in [0.4, 0.5) is 0 Å². The molecule has 1 heterocycles. The van der Waals surface area contributed by atoms with Crippen LogP contribution in [0.5, 0.6) is 0 Å². The molecule has 0 aliphatic heterocycles. The molecule has 0 saturated heterocycles. The summed E-state index contributed by atoms with van der Waals surface area (Å²) in [6, 6.07) is 3.25. The summed E-state index contributed by atoms with van der Waals surface area (Å²) in [4.78, 5) is 4.99. The van der Waals surface area contributed by atoms with E-state index in [-0.39, 0.29) is 11.4 Å². The lowest BCUT2D eigenvalue weighted by Gasteiger charge is -2.13. The van der Waals surface area contributed by atoms with E-state index in [4.69, 9.17) is 11.6 Å². The van der Waals surface area contributed by atoms with Gasteiger partial charge in [-0.15, -0.1) is 11.3 Å². The van der Waals surface area contributed by atoms with Gasteiger partial charge in [0.2, 0.25) is 10.0 Å². The Hall–Kier alpha value is -0.990. The molecule has 1 aromatic carbocycles. The first-order valence-corrected chi connectivity index (χ1v) is 8.99. The first kappa shape index (κ1) is 16.4. The van der Waals surface area contributed by atoms with Crippen molar-refractivity contribution in [1.29, 1.82) is 0 Å². The lowest BCUT2D eigenvalue weighted by Crippen LogP contribution is -2.24. The molecule has 1 aromatic heterocycles. The number of benzene rings is 1. The van der Waals surface area contributed by atoms with Crippen LogP contribution in [-0.2, 0) is 23.1 Å². The van der Waals surface area contributed by atoms with Crippen molar-refractivity contribution in [3.8, 4) is 0 Å². The molecule has 0 bridgehead atoms. The van der Waals surface area contributed by atoms with Gasteiger partial charge in [-0.1, -0.05) is 11.6 Å². The van der Waals surface area contributed by atoms with Crippen molar-refractivity contribution in [2.45, 2.75) is 24.9 Å². The van der Waals surface area contributed by atoms with E-state index in [9.17, 15) is 8.42 Å². The van der Waals surface area contributed by atoms with E-state index < -0.39 is 10.0 Å². The number of sulfonamides is 1. The minimum Gasteiger partial charge on any atom is -0.316 e. The zero-order valence-corrected chi connectivity index (χ0v) is 14.1. The van der Waals surface area contributed by atoms with E-state index in [1.54, 1.807) is 31.7 Å². The lowest BCUT2D eigenvalue weighted by atomic mass is 10.1. The van der Waals surface area contributed by atoms with Crippen LogP contribution >= 0.6 is 22.9 Å². The van der Waals surface area contributed by atoms with E-state index >= 15 is 0 Å². The van der Waals surface area contributed by atoms with Crippen molar-refractivity contribution in [2.75, 3.05) is 7.05 Å². The van der Waals surface area contributed by atoms with E-state index in [0.29, 0.717) is 17.1 Å². The van der Waals surface area contributed by atoms with Gasteiger partial charge in [0.1, 0.15) is 0 Å². The average Bonchev–Trinajstić information content (AvgIpc) is 2.94. The lowest BCUT2D eigenvalue weighted by molar-refractivity contribution is 0.581. The summed E-state index contributed by atoms with van der Waals surface area (Å²) >= 11 is 7.44. The quantitative estimate of drug-likeness (QED) is 0.842. The second-order valence-corrected chi connectivity index (χ2v) is 7.65. The molecule has 21 heavy (non-hydrogen) atoms. The molecule has 5 nitrogen and oxygen atoms in total. The van der Waals surface area contributed by atoms with Crippen LogP contribution in [-0.4, -0.2) is 20.4 Å². The molecule has 0 radical (unpaired) electrons. The smallest absolute Gasteiger partial charge is 0.241 e. The van der Waals surface area contributed by atoms with Crippen molar-refractivity contribution in [3.63, 3.8) is 0 Å². The molecule has 0 fully saturated rings. The van der Waals surface area contributed by atoms with E-state index in [1.807, 2.05) is 0 Å². The Morgan fingerprint density at radius 3 is 2.71 bits per heavy atom. The van der Waals surface area contributed by atoms with Crippen molar-refractivity contribution in [1.82, 2.24) is 15.0 Å². The van der Waals surface area contributed by atoms with Gasteiger partial charge in [-0.2, -0.15) is 0 Å². The highest BCUT2D eigenvalue weighted by Gasteiger charge is 2.19. The standard InChI is InChI=1S/C13H16ClN3O2S2/c1-9-10(5-15-2)3-11(14)4-13(9)21(18,19)17-7-12-6-16-8-20-12/h3-4,6,8,15,17H,5,7H2,1-2H3. The number of nitrogens with one attached hydrogen (secondary N) is 2. The zero-order valence-electron chi connectivity index (χ0n) is 11.7. The maximum Gasteiger partial charge on any atom is 0.241 e. The number of halogens is 1. The molecule has 2 rings (SSSR count). The minimum absolute atomic E-state index is 0.213. The molecule has 0 spiro atoms. The molecule has 8 heteroatoms. The highest BCUT2D eigenvalue weighted by Crippen LogP contribution is 2.24. The van der Waals surface area contributed by atoms with Gasteiger partial charge in [0.15, 0.2) is 0 Å². The average molecular weight is 346 g/mol. The number of hydrogen-bond donors (Lipinski definition) is 2. The monoisotopic (exact) mass is 345 g/mol. The van der Waals surface area contributed by atoms with Crippen molar-refractivity contribution in [3.05, 3.63) is 44.9 Å². The second-order valence-electron chi connectivity index (χ2n) is 4.51. The van der Waals surface area contributed by atoms with Crippen molar-refractivity contribution < 1.29 is 8.42 Å². The molecule has 114 valence electrons. The topological polar surface area (TPSA) is 71.1 Å². The molecule has 0 aliphatic rings. The molecule has 0 unspecified atom stereocenters. The third kappa shape index (κ3) is 4.02. The van der Waals surface area contributed by atoms with Gasteiger partial charge in [-0.25, -0.2) is 13.1 Å². The maximum atomic E-state index is 12.5. The molecule has 0 atom stereocenters. The summed E-state index contributed by atoms with van der Waals surface area (Å²) in [5.41, 5.74) is 3.23. The van der Waals surface area contributed by atoms with Gasteiger partial charge < -0.3 is 5.32 Å². The summed E-state index contributed by atoms with van der Waals surface area (Å²) in [5.74, 6) is 0. The van der Waals surface area contributed by atoms with Crippen molar-refractivity contribution >= 4 is 33.0 Å². The highest BCUT2D eigenvalue weighted by atomic mass is 35.5. The van der Waals surface area contributed by atoms with Gasteiger partial charge in [0.25, 0.3) is 0 Å². The number of hydrogen-bond acceptors (Lipinski definition) is 5. The molecule has 0 amide bonds. The number of nitrogens with zero attached hydrogens (tertiary/aromatic N) is 1. The van der Waals surface area contributed by atoms with Crippen LogP contribution in [0.25, 0.3) is 0 Å². The summed E-state index contributed by atoms with van der Waals surface area (Å²) < 4.78 is 27.5. The predicted molar refractivity (Wildman–Crippen MR) is 85.1 cm³/mol. The molecule has 2 aromatic rings. The summed E-state index contributed by atoms with van der Waals surface area (Å²) in [6.07, 6.45) is 1.64. The Labute approximate surface area is 133 Å². The fourth-order valence-corrected chi connectivity index (χ4v) is 4.18. The summed E-state index contributed by atoms with van der Waals surface area (Å²) in [6.45, 7) is 2.56. The molecular weight excluding hydrogens is 330 g/mol. The minimum atomic E-state index is -3.61. The number of rotatable bonds is 6. The Kier molecular flexibility index (Phi) is 5.34. The second kappa shape index (κ2) is 6.85. The zero-order chi connectivity index (χ0) is 15.5. The van der Waals surface area contributed by atoms with E-state index in [0.717, 1.165) is 10.4 Å². The molecular formula is C13H16ClN3O2S2. The van der Waals surface area contributed by atoms with Gasteiger partial charge in [-0.05, 0) is 37.2 Å². The maximum absolute atomic E-state index is 12.5. The SMILES string of the molecule is CNCc1cc(Cl)cc(S(=O)(=O)NCc2cncs2)c1C. The van der Waals surface area contributed by atoms with Crippen LogP contribution < -0.4 is 10.0 Å². The molecule has 0 aliphatic carbocycles. The third-order valence-electron chi connectivity index (χ3n) is 3.01. The van der Waals surface area contributed by atoms with Gasteiger partial charge in [0.05, 0.1) is 10.4 Å². The van der Waals surface area contributed by atoms with E-state index in [1.165, 1.54) is 17.4 Å². The van der Waals surface area contributed by atoms with Crippen molar-refractivity contribution in [2.24, 2.45) is 0 Å². The Morgan fingerprint density at radius 1 is 1.33 bits per heavy atom. The predicted octanol–water partition coefficient (Wildman–Crippen LogP) is 2.30. The largest absolute Gasteiger partial charge is 0.316 e. The van der Waals surface area contributed by atoms with Crippen LogP contribution in [0.2, 0.25) is 5.02 Å². The summed E-state index contributed by atoms with van der Waals surface area (Å²) in [5, 5.41) is 3.41. The highest BCUT2D eigenvalue weighted by molar-refractivity contribution is 7.89. The van der Waals surface area contributed by atoms with E-state index in [2.05, 4.69) is 15.0 Å². The van der Waals surface area contributed by atoms with Crippen LogP contribution in [0.1, 0.15) is 16.0 Å². The molecule has 2 N–H and O–H groups in total. The Morgan fingerprint density at radius 2 is 2.10 bits per heavy atom. The molecule has 0 saturated carbocycles. The van der Waals surface area contributed by atoms with Gasteiger partial charge in [0, 0.05) is 29.2 Å². The number of aromatic nitrogens is 1. The first-order valence-electron chi connectivity index (χ1n) is 6.24.